The lowest BCUT2D eigenvalue weighted by Crippen LogP contribution is -3.07. The Hall–Kier alpha value is -2.31. The van der Waals surface area contributed by atoms with Gasteiger partial charge in [0, 0.05) is 12.1 Å². The highest BCUT2D eigenvalue weighted by molar-refractivity contribution is 7.80. The summed E-state index contributed by atoms with van der Waals surface area (Å²) in [5.41, 5.74) is 2.37. The highest BCUT2D eigenvalue weighted by Gasteiger charge is 2.18. The summed E-state index contributed by atoms with van der Waals surface area (Å²) in [6.45, 7) is 1.42. The molecule has 0 bridgehead atoms. The van der Waals surface area contributed by atoms with Gasteiger partial charge in [0.05, 0.1) is 34.9 Å². The Balaban J connectivity index is 1.88. The van der Waals surface area contributed by atoms with Crippen LogP contribution in [0.3, 0.4) is 0 Å². The van der Waals surface area contributed by atoms with Gasteiger partial charge in [-0.2, -0.15) is 0 Å². The molecule has 0 aliphatic heterocycles. The van der Waals surface area contributed by atoms with E-state index < -0.39 is 0 Å². The topological polar surface area (TPSA) is 47.0 Å². The minimum absolute atomic E-state index is 0.269. The van der Waals surface area contributed by atoms with Crippen LogP contribution in [0.15, 0.2) is 48.5 Å². The molecule has 0 unspecified atom stereocenters. The van der Waals surface area contributed by atoms with E-state index >= 15 is 0 Å². The molecule has 2 aromatic carbocycles. The lowest BCUT2D eigenvalue weighted by atomic mass is 10.1. The lowest BCUT2D eigenvalue weighted by Gasteiger charge is -2.23. The molecule has 0 aliphatic rings. The van der Waals surface area contributed by atoms with Crippen LogP contribution in [0.4, 0.5) is 0 Å². The number of ether oxygens (including phenoxy) is 2. The summed E-state index contributed by atoms with van der Waals surface area (Å²) in [6, 6.07) is 16.4. The van der Waals surface area contributed by atoms with E-state index in [9.17, 15) is 0 Å². The molecule has 0 radical (unpaired) electrons. The largest absolute Gasteiger partial charge is 0.497 e. The first-order valence-corrected chi connectivity index (χ1v) is 9.03. The van der Waals surface area contributed by atoms with E-state index in [1.807, 2.05) is 36.4 Å². The minimum atomic E-state index is 0.269. The molecule has 0 aromatic heterocycles. The number of nitrogens with one attached hydrogen (secondary N) is 3. The molecule has 5 nitrogen and oxygen atoms in total. The molecule has 2 aromatic rings. The van der Waals surface area contributed by atoms with Crippen LogP contribution in [-0.2, 0) is 6.54 Å². The fraction of sp³-hybridized carbons (Fsp3) is 0.350. The summed E-state index contributed by atoms with van der Waals surface area (Å²) < 4.78 is 10.5. The Morgan fingerprint density at radius 2 is 1.69 bits per heavy atom. The Kier molecular flexibility index (Phi) is 7.69. The van der Waals surface area contributed by atoms with Crippen LogP contribution >= 0.6 is 12.2 Å². The van der Waals surface area contributed by atoms with Crippen LogP contribution in [0.1, 0.15) is 17.2 Å². The predicted octanol–water partition coefficient (Wildman–Crippen LogP) is 1.55. The van der Waals surface area contributed by atoms with Crippen LogP contribution in [-0.4, -0.2) is 40.0 Å². The van der Waals surface area contributed by atoms with Gasteiger partial charge < -0.3 is 25.0 Å². The number of methoxy groups -OCH3 is 2. The van der Waals surface area contributed by atoms with Gasteiger partial charge in [-0.25, -0.2) is 0 Å². The van der Waals surface area contributed by atoms with E-state index in [1.165, 1.54) is 10.5 Å². The maximum absolute atomic E-state index is 5.42. The lowest BCUT2D eigenvalue weighted by molar-refractivity contribution is -0.890. The van der Waals surface area contributed by atoms with Gasteiger partial charge >= 0.3 is 0 Å². The van der Waals surface area contributed by atoms with Gasteiger partial charge in [0.2, 0.25) is 0 Å². The van der Waals surface area contributed by atoms with E-state index in [-0.39, 0.29) is 6.04 Å². The molecule has 26 heavy (non-hydrogen) atoms. The number of thiocarbonyl (C=S) groups is 1. The van der Waals surface area contributed by atoms with Crippen molar-refractivity contribution in [2.24, 2.45) is 0 Å². The van der Waals surface area contributed by atoms with Crippen LogP contribution in [0, 0.1) is 0 Å². The second kappa shape index (κ2) is 9.99. The van der Waals surface area contributed by atoms with Gasteiger partial charge in [-0.05, 0) is 42.0 Å². The SMILES string of the molecule is COc1ccc(CNC(=S)NC[C@H](c2cccc(OC)c2)[NH+](C)C)cc1. The highest BCUT2D eigenvalue weighted by Crippen LogP contribution is 2.17. The van der Waals surface area contributed by atoms with Crippen LogP contribution < -0.4 is 25.0 Å². The first-order valence-electron chi connectivity index (χ1n) is 8.62. The number of quaternary nitrogens is 1. The zero-order chi connectivity index (χ0) is 18.9. The number of rotatable bonds is 8. The standard InChI is InChI=1S/C20H27N3O2S/c1-23(2)19(16-6-5-7-18(12-16)25-4)14-22-20(26)21-13-15-8-10-17(24-3)11-9-15/h5-12,19H,13-14H2,1-4H3,(H2,21,22,26)/p+1/t19-/m1/s1. The second-order valence-electron chi connectivity index (χ2n) is 6.32. The summed E-state index contributed by atoms with van der Waals surface area (Å²) in [6.07, 6.45) is 0. The van der Waals surface area contributed by atoms with Crippen LogP contribution in [0.2, 0.25) is 0 Å². The van der Waals surface area contributed by atoms with Crippen molar-refractivity contribution in [1.29, 1.82) is 0 Å². The Morgan fingerprint density at radius 1 is 1.00 bits per heavy atom. The van der Waals surface area contributed by atoms with Crippen molar-refractivity contribution in [3.8, 4) is 11.5 Å². The fourth-order valence-corrected chi connectivity index (χ4v) is 2.85. The molecule has 0 saturated heterocycles. The van der Waals surface area contributed by atoms with Crippen LogP contribution in [0.25, 0.3) is 0 Å². The van der Waals surface area contributed by atoms with E-state index in [2.05, 4.69) is 36.9 Å². The van der Waals surface area contributed by atoms with Crippen molar-refractivity contribution in [2.45, 2.75) is 12.6 Å². The maximum atomic E-state index is 5.42. The Morgan fingerprint density at radius 3 is 2.31 bits per heavy atom. The van der Waals surface area contributed by atoms with Crippen molar-refractivity contribution in [2.75, 3.05) is 34.9 Å². The average Bonchev–Trinajstić information content (AvgIpc) is 2.66. The third-order valence-corrected chi connectivity index (χ3v) is 4.56. The van der Waals surface area contributed by atoms with Gasteiger partial charge in [0.1, 0.15) is 17.5 Å². The highest BCUT2D eigenvalue weighted by atomic mass is 32.1. The molecule has 0 aliphatic carbocycles. The average molecular weight is 375 g/mol. The molecule has 0 fully saturated rings. The van der Waals surface area contributed by atoms with Crippen molar-refractivity contribution in [3.63, 3.8) is 0 Å². The Labute approximate surface area is 161 Å². The molecular weight excluding hydrogens is 346 g/mol. The smallest absolute Gasteiger partial charge is 0.166 e. The number of hydrogen-bond acceptors (Lipinski definition) is 3. The van der Waals surface area contributed by atoms with Gasteiger partial charge in [0.25, 0.3) is 0 Å². The van der Waals surface area contributed by atoms with Crippen LogP contribution in [0.5, 0.6) is 11.5 Å². The molecule has 0 amide bonds. The molecule has 2 rings (SSSR count). The summed E-state index contributed by atoms with van der Waals surface area (Å²) in [4.78, 5) is 1.32. The molecule has 0 spiro atoms. The van der Waals surface area contributed by atoms with E-state index in [4.69, 9.17) is 21.7 Å². The number of benzene rings is 2. The number of likely N-dealkylation sites (N-methyl/N-ethyl adjacent to an activating group) is 1. The quantitative estimate of drug-likeness (QED) is 0.612. The summed E-state index contributed by atoms with van der Waals surface area (Å²) >= 11 is 5.42. The molecule has 3 N–H and O–H groups in total. The molecule has 140 valence electrons. The molecule has 0 saturated carbocycles. The number of hydrogen-bond donors (Lipinski definition) is 3. The summed E-state index contributed by atoms with van der Waals surface area (Å²) in [7, 11) is 7.63. The Bertz CT molecular complexity index is 704. The summed E-state index contributed by atoms with van der Waals surface area (Å²) in [5.74, 6) is 1.72. The second-order valence-corrected chi connectivity index (χ2v) is 6.73. The molecule has 1 atom stereocenters. The van der Waals surface area contributed by atoms with Gasteiger partial charge in [0.15, 0.2) is 5.11 Å². The predicted molar refractivity (Wildman–Crippen MR) is 109 cm³/mol. The van der Waals surface area contributed by atoms with Gasteiger partial charge in [-0.15, -0.1) is 0 Å². The third kappa shape index (κ3) is 5.89. The van der Waals surface area contributed by atoms with E-state index in [0.29, 0.717) is 11.7 Å². The normalized spacial score (nSPS) is 11.7. The maximum Gasteiger partial charge on any atom is 0.166 e. The van der Waals surface area contributed by atoms with Gasteiger partial charge in [-0.1, -0.05) is 24.3 Å². The molecule has 6 heteroatoms. The van der Waals surface area contributed by atoms with Crippen molar-refractivity contribution in [1.82, 2.24) is 10.6 Å². The summed E-state index contributed by atoms with van der Waals surface area (Å²) in [5, 5.41) is 7.23. The van der Waals surface area contributed by atoms with E-state index in [1.54, 1.807) is 14.2 Å². The molecular formula is C20H28N3O2S+. The van der Waals surface area contributed by atoms with Crippen molar-refractivity contribution >= 4 is 17.3 Å². The zero-order valence-corrected chi connectivity index (χ0v) is 16.7. The van der Waals surface area contributed by atoms with Crippen molar-refractivity contribution in [3.05, 3.63) is 59.7 Å². The van der Waals surface area contributed by atoms with E-state index in [0.717, 1.165) is 23.6 Å². The molecule has 0 heterocycles. The third-order valence-electron chi connectivity index (χ3n) is 4.27. The first kappa shape index (κ1) is 20.0. The monoisotopic (exact) mass is 374 g/mol. The zero-order valence-electron chi connectivity index (χ0n) is 15.8. The van der Waals surface area contributed by atoms with Gasteiger partial charge in [-0.3, -0.25) is 0 Å². The first-order chi connectivity index (χ1) is 12.5. The van der Waals surface area contributed by atoms with Crippen molar-refractivity contribution < 1.29 is 14.4 Å². The minimum Gasteiger partial charge on any atom is -0.497 e. The fourth-order valence-electron chi connectivity index (χ4n) is 2.70.